The first-order valence-corrected chi connectivity index (χ1v) is 12.6. The Morgan fingerprint density at radius 1 is 1.20 bits per heavy atom. The summed E-state index contributed by atoms with van der Waals surface area (Å²) in [7, 11) is 0. The lowest BCUT2D eigenvalue weighted by atomic mass is 9.77. The van der Waals surface area contributed by atoms with Gasteiger partial charge in [-0.3, -0.25) is 9.59 Å². The number of aliphatic carboxylic acids is 1. The zero-order valence-corrected chi connectivity index (χ0v) is 21.7. The third kappa shape index (κ3) is 4.82. The molecule has 4 heterocycles. The summed E-state index contributed by atoms with van der Waals surface area (Å²) in [5, 5.41) is 17.0. The normalized spacial score (nSPS) is 17.6. The maximum Gasteiger partial charge on any atom is 0.389 e. The Morgan fingerprint density at radius 2 is 1.93 bits per heavy atom. The summed E-state index contributed by atoms with van der Waals surface area (Å²) < 4.78 is 39.5. The highest BCUT2D eigenvalue weighted by Crippen LogP contribution is 2.45. The number of rotatable bonds is 8. The molecule has 1 aliphatic heterocycles. The smallest absolute Gasteiger partial charge is 0.389 e. The van der Waals surface area contributed by atoms with E-state index in [0.29, 0.717) is 28.6 Å². The molecule has 0 radical (unpaired) electrons. The number of carbonyl (C=O) groups is 2. The van der Waals surface area contributed by atoms with Crippen LogP contribution in [0.1, 0.15) is 43.4 Å². The first-order valence-electron chi connectivity index (χ1n) is 12.6. The van der Waals surface area contributed by atoms with Gasteiger partial charge in [0.1, 0.15) is 22.7 Å². The summed E-state index contributed by atoms with van der Waals surface area (Å²) in [5.41, 5.74) is 7.69. The standard InChI is InChI=1S/C27H26F3N7O3/c1-14(24(38)39)13-15-6-8-16(9-7-15)26(2)18-20(31)33-22(34-21(18)35-25(26)40)19-17-5-3-11-32-23(17)37(36-19)12-4-10-27(28,29)30/h3,5-9,11,14H,4,10,12-13H2,1-2H3,(H,38,39)(H3,31,33,34,35,40)/t14-,26?/m1/s1. The van der Waals surface area contributed by atoms with E-state index in [-0.39, 0.29) is 42.0 Å². The first kappa shape index (κ1) is 27.0. The largest absolute Gasteiger partial charge is 0.481 e. The van der Waals surface area contributed by atoms with Gasteiger partial charge in [0.05, 0.1) is 16.9 Å². The van der Waals surface area contributed by atoms with Crippen molar-refractivity contribution >= 4 is 34.5 Å². The molecule has 10 nitrogen and oxygen atoms in total. The van der Waals surface area contributed by atoms with Crippen molar-refractivity contribution in [3.05, 3.63) is 59.3 Å². The summed E-state index contributed by atoms with van der Waals surface area (Å²) in [5.74, 6) is -1.45. The van der Waals surface area contributed by atoms with Gasteiger partial charge < -0.3 is 16.2 Å². The van der Waals surface area contributed by atoms with E-state index in [1.807, 2.05) is 0 Å². The molecule has 40 heavy (non-hydrogen) atoms. The van der Waals surface area contributed by atoms with E-state index >= 15 is 0 Å². The number of pyridine rings is 1. The van der Waals surface area contributed by atoms with Crippen LogP contribution in [0.25, 0.3) is 22.6 Å². The quantitative estimate of drug-likeness (QED) is 0.292. The van der Waals surface area contributed by atoms with Crippen molar-refractivity contribution in [2.75, 3.05) is 11.1 Å². The number of alkyl halides is 3. The average molecular weight is 554 g/mol. The number of nitrogens with zero attached hydrogens (tertiary/aromatic N) is 5. The predicted molar refractivity (Wildman–Crippen MR) is 140 cm³/mol. The monoisotopic (exact) mass is 553 g/mol. The van der Waals surface area contributed by atoms with Crippen LogP contribution in [0.2, 0.25) is 0 Å². The maximum atomic E-state index is 13.3. The lowest BCUT2D eigenvalue weighted by Gasteiger charge is -2.23. The molecule has 0 aliphatic carbocycles. The molecule has 1 aromatic carbocycles. The third-order valence-electron chi connectivity index (χ3n) is 7.17. The minimum atomic E-state index is -4.28. The number of carboxylic acid groups (broad SMARTS) is 1. The number of fused-ring (bicyclic) bond motifs is 2. The highest BCUT2D eigenvalue weighted by atomic mass is 19.4. The van der Waals surface area contributed by atoms with Crippen molar-refractivity contribution in [1.82, 2.24) is 24.7 Å². The SMILES string of the molecule is C[C@H](Cc1ccc(C2(C)C(=O)Nc3nc(-c4nn(CCCC(F)(F)F)c5ncccc45)nc(N)c32)cc1)C(=O)O. The highest BCUT2D eigenvalue weighted by molar-refractivity contribution is 6.09. The Bertz CT molecular complexity index is 1620. The Balaban J connectivity index is 1.50. The summed E-state index contributed by atoms with van der Waals surface area (Å²) in [6.45, 7) is 3.32. The van der Waals surface area contributed by atoms with Crippen LogP contribution in [-0.2, 0) is 28.0 Å². The molecule has 3 aromatic heterocycles. The Hall–Kier alpha value is -4.55. The van der Waals surface area contributed by atoms with Crippen LogP contribution in [0.5, 0.6) is 0 Å². The number of hydrogen-bond acceptors (Lipinski definition) is 7. The van der Waals surface area contributed by atoms with Gasteiger partial charge in [-0.2, -0.15) is 18.3 Å². The van der Waals surface area contributed by atoms with E-state index in [0.717, 1.165) is 5.56 Å². The van der Waals surface area contributed by atoms with Crippen molar-refractivity contribution in [2.45, 2.75) is 51.2 Å². The van der Waals surface area contributed by atoms with Gasteiger partial charge in [0, 0.05) is 19.2 Å². The number of nitrogens with one attached hydrogen (secondary N) is 1. The summed E-state index contributed by atoms with van der Waals surface area (Å²) >= 11 is 0. The fourth-order valence-corrected chi connectivity index (χ4v) is 4.96. The second-order valence-electron chi connectivity index (χ2n) is 10.0. The number of halogens is 3. The summed E-state index contributed by atoms with van der Waals surface area (Å²) in [4.78, 5) is 37.8. The lowest BCUT2D eigenvalue weighted by molar-refractivity contribution is -0.141. The van der Waals surface area contributed by atoms with Crippen LogP contribution in [0.15, 0.2) is 42.6 Å². The van der Waals surface area contributed by atoms with Crippen molar-refractivity contribution < 1.29 is 27.9 Å². The third-order valence-corrected chi connectivity index (χ3v) is 7.17. The second-order valence-corrected chi connectivity index (χ2v) is 10.0. The fraction of sp³-hybridized carbons (Fsp3) is 0.333. The van der Waals surface area contributed by atoms with Gasteiger partial charge in [-0.25, -0.2) is 19.6 Å². The van der Waals surface area contributed by atoms with Crippen LogP contribution in [0, 0.1) is 5.92 Å². The van der Waals surface area contributed by atoms with Crippen molar-refractivity contribution in [3.8, 4) is 11.5 Å². The molecule has 0 fully saturated rings. The summed E-state index contributed by atoms with van der Waals surface area (Å²) in [6, 6.07) is 10.5. The Labute approximate surface area is 226 Å². The van der Waals surface area contributed by atoms with E-state index < -0.39 is 29.9 Å². The first-order chi connectivity index (χ1) is 18.9. The summed E-state index contributed by atoms with van der Waals surface area (Å²) in [6.07, 6.45) is -3.55. The number of hydrogen-bond donors (Lipinski definition) is 3. The van der Waals surface area contributed by atoms with Gasteiger partial charge in [-0.05, 0) is 43.0 Å². The van der Waals surface area contributed by atoms with E-state index in [4.69, 9.17) is 5.73 Å². The maximum absolute atomic E-state index is 13.3. The van der Waals surface area contributed by atoms with E-state index in [2.05, 4.69) is 25.4 Å². The van der Waals surface area contributed by atoms with Gasteiger partial charge in [0.15, 0.2) is 11.5 Å². The molecule has 2 atom stereocenters. The van der Waals surface area contributed by atoms with Crippen LogP contribution < -0.4 is 11.1 Å². The number of aryl methyl sites for hydroxylation is 1. The average Bonchev–Trinajstić information content (AvgIpc) is 3.39. The molecular weight excluding hydrogens is 527 g/mol. The van der Waals surface area contributed by atoms with Crippen molar-refractivity contribution in [3.63, 3.8) is 0 Å². The number of benzene rings is 1. The molecule has 1 unspecified atom stereocenters. The molecule has 1 amide bonds. The number of amides is 1. The van der Waals surface area contributed by atoms with E-state index in [9.17, 15) is 27.9 Å². The molecule has 0 saturated heterocycles. The van der Waals surface area contributed by atoms with Crippen LogP contribution >= 0.6 is 0 Å². The molecule has 0 saturated carbocycles. The molecule has 4 aromatic rings. The number of anilines is 2. The molecule has 1 aliphatic rings. The highest BCUT2D eigenvalue weighted by Gasteiger charge is 2.47. The van der Waals surface area contributed by atoms with Gasteiger partial charge in [-0.1, -0.05) is 31.2 Å². The molecule has 0 spiro atoms. The van der Waals surface area contributed by atoms with Gasteiger partial charge in [0.25, 0.3) is 0 Å². The Morgan fingerprint density at radius 3 is 2.60 bits per heavy atom. The van der Waals surface area contributed by atoms with Crippen LogP contribution in [0.3, 0.4) is 0 Å². The Kier molecular flexibility index (Phi) is 6.68. The fourth-order valence-electron chi connectivity index (χ4n) is 4.96. The number of aromatic nitrogens is 5. The van der Waals surface area contributed by atoms with Crippen molar-refractivity contribution in [1.29, 1.82) is 0 Å². The number of nitrogens with two attached hydrogens (primary N) is 1. The predicted octanol–water partition coefficient (Wildman–Crippen LogP) is 4.33. The van der Waals surface area contributed by atoms with Gasteiger partial charge in [-0.15, -0.1) is 0 Å². The number of carboxylic acids is 1. The number of carbonyl (C=O) groups excluding carboxylic acids is 1. The molecular formula is C27H26F3N7O3. The molecule has 13 heteroatoms. The zero-order valence-electron chi connectivity index (χ0n) is 21.7. The molecule has 5 rings (SSSR count). The molecule has 0 bridgehead atoms. The molecule has 208 valence electrons. The van der Waals surface area contributed by atoms with E-state index in [1.54, 1.807) is 50.2 Å². The lowest BCUT2D eigenvalue weighted by Crippen LogP contribution is -2.33. The van der Waals surface area contributed by atoms with Gasteiger partial charge >= 0.3 is 12.1 Å². The van der Waals surface area contributed by atoms with Crippen LogP contribution in [-0.4, -0.2) is 47.9 Å². The van der Waals surface area contributed by atoms with Crippen LogP contribution in [0.4, 0.5) is 24.8 Å². The minimum absolute atomic E-state index is 0.0104. The second kappa shape index (κ2) is 9.88. The van der Waals surface area contributed by atoms with Gasteiger partial charge in [0.2, 0.25) is 5.91 Å². The topological polar surface area (TPSA) is 149 Å². The molecule has 4 N–H and O–H groups in total. The van der Waals surface area contributed by atoms with E-state index in [1.165, 1.54) is 10.9 Å². The van der Waals surface area contributed by atoms with Crippen molar-refractivity contribution in [2.24, 2.45) is 5.92 Å². The zero-order chi connectivity index (χ0) is 28.8. The minimum Gasteiger partial charge on any atom is -0.481 e. The number of nitrogen functional groups attached to an aromatic ring is 1.